The number of hydrogen-bond acceptors (Lipinski definition) is 9. The number of aromatic nitrogens is 2. The number of carbonyl (C=O) groups excluding carboxylic acids is 3. The van der Waals surface area contributed by atoms with E-state index in [1.165, 1.54) is 4.57 Å². The van der Waals surface area contributed by atoms with Gasteiger partial charge in [-0.25, -0.2) is 4.98 Å². The SMILES string of the molecule is CCOC(=O)C1CCCN(C(=O)CSc2nc3ccccc3c(=O)n2CCC(=O)NCCc2ccc(OC)c(OC)c2)C1. The second-order valence-electron chi connectivity index (χ2n) is 10.1. The van der Waals surface area contributed by atoms with Crippen molar-refractivity contribution in [3.05, 3.63) is 58.4 Å². The fraction of sp³-hybridized carbons (Fsp3) is 0.452. The lowest BCUT2D eigenvalue weighted by molar-refractivity contribution is -0.151. The quantitative estimate of drug-likeness (QED) is 0.176. The van der Waals surface area contributed by atoms with E-state index in [-0.39, 0.29) is 48.0 Å². The van der Waals surface area contributed by atoms with E-state index in [2.05, 4.69) is 10.3 Å². The number of amides is 2. The standard InChI is InChI=1S/C31H38N4O7S/c1-4-42-30(39)22-8-7-16-34(19-22)28(37)20-43-31-33-24-10-6-5-9-23(24)29(38)35(31)17-14-27(36)32-15-13-21-11-12-25(40-2)26(18-21)41-3/h5-6,9-12,18,22H,4,7-8,13-17,19-20H2,1-3H3,(H,32,36). The molecule has 0 spiro atoms. The molecule has 1 saturated heterocycles. The molecular weight excluding hydrogens is 572 g/mol. The minimum Gasteiger partial charge on any atom is -0.493 e. The predicted octanol–water partition coefficient (Wildman–Crippen LogP) is 3.06. The lowest BCUT2D eigenvalue weighted by atomic mass is 9.98. The summed E-state index contributed by atoms with van der Waals surface area (Å²) < 4.78 is 17.2. The van der Waals surface area contributed by atoms with Crippen molar-refractivity contribution < 1.29 is 28.6 Å². The highest BCUT2D eigenvalue weighted by Gasteiger charge is 2.29. The van der Waals surface area contributed by atoms with Gasteiger partial charge >= 0.3 is 5.97 Å². The van der Waals surface area contributed by atoms with Gasteiger partial charge in [0.15, 0.2) is 16.7 Å². The predicted molar refractivity (Wildman–Crippen MR) is 164 cm³/mol. The van der Waals surface area contributed by atoms with Crippen molar-refractivity contribution in [3.63, 3.8) is 0 Å². The summed E-state index contributed by atoms with van der Waals surface area (Å²) in [6.45, 7) is 3.48. The molecule has 1 aliphatic rings. The van der Waals surface area contributed by atoms with E-state index < -0.39 is 0 Å². The molecule has 0 saturated carbocycles. The van der Waals surface area contributed by atoms with Gasteiger partial charge in [-0.3, -0.25) is 23.7 Å². The normalized spacial score (nSPS) is 14.8. The summed E-state index contributed by atoms with van der Waals surface area (Å²) in [6, 6.07) is 12.6. The molecule has 230 valence electrons. The molecule has 1 unspecified atom stereocenters. The minimum atomic E-state index is -0.329. The number of rotatable bonds is 13. The number of carbonyl (C=O) groups is 3. The monoisotopic (exact) mass is 610 g/mol. The molecule has 0 bridgehead atoms. The van der Waals surface area contributed by atoms with Crippen LogP contribution in [0.25, 0.3) is 10.9 Å². The van der Waals surface area contributed by atoms with Crippen LogP contribution < -0.4 is 20.3 Å². The molecule has 1 fully saturated rings. The van der Waals surface area contributed by atoms with Gasteiger partial charge < -0.3 is 24.4 Å². The number of methoxy groups -OCH3 is 2. The Bertz CT molecular complexity index is 1510. The lowest BCUT2D eigenvalue weighted by Gasteiger charge is -2.31. The summed E-state index contributed by atoms with van der Waals surface area (Å²) in [7, 11) is 3.15. The first-order valence-corrected chi connectivity index (χ1v) is 15.4. The maximum atomic E-state index is 13.4. The lowest BCUT2D eigenvalue weighted by Crippen LogP contribution is -2.43. The third kappa shape index (κ3) is 8.28. The molecule has 4 rings (SSSR count). The van der Waals surface area contributed by atoms with Crippen molar-refractivity contribution in [2.24, 2.45) is 5.92 Å². The van der Waals surface area contributed by atoms with Crippen LogP contribution in [0.1, 0.15) is 31.7 Å². The number of ether oxygens (including phenoxy) is 3. The Morgan fingerprint density at radius 2 is 1.88 bits per heavy atom. The fourth-order valence-electron chi connectivity index (χ4n) is 5.01. The zero-order chi connectivity index (χ0) is 30.8. The van der Waals surface area contributed by atoms with Crippen molar-refractivity contribution >= 4 is 40.4 Å². The average Bonchev–Trinajstić information content (AvgIpc) is 3.03. The molecule has 1 aromatic heterocycles. The Hall–Kier alpha value is -4.06. The second-order valence-corrected chi connectivity index (χ2v) is 11.1. The van der Waals surface area contributed by atoms with Crippen LogP contribution in [0.3, 0.4) is 0 Å². The van der Waals surface area contributed by atoms with Crippen LogP contribution >= 0.6 is 11.8 Å². The molecule has 2 aromatic carbocycles. The number of para-hydroxylation sites is 1. The van der Waals surface area contributed by atoms with Gasteiger partial charge in [0, 0.05) is 32.6 Å². The van der Waals surface area contributed by atoms with Gasteiger partial charge in [0.25, 0.3) is 5.56 Å². The van der Waals surface area contributed by atoms with Crippen LogP contribution in [-0.2, 0) is 32.1 Å². The van der Waals surface area contributed by atoms with Crippen LogP contribution in [0, 0.1) is 5.92 Å². The van der Waals surface area contributed by atoms with E-state index in [4.69, 9.17) is 14.2 Å². The van der Waals surface area contributed by atoms with Gasteiger partial charge in [0.1, 0.15) is 0 Å². The zero-order valence-electron chi connectivity index (χ0n) is 24.8. The number of hydrogen-bond donors (Lipinski definition) is 1. The fourth-order valence-corrected chi connectivity index (χ4v) is 5.94. The highest BCUT2D eigenvalue weighted by atomic mass is 32.2. The van der Waals surface area contributed by atoms with Crippen molar-refractivity contribution in [1.82, 2.24) is 19.8 Å². The van der Waals surface area contributed by atoms with E-state index in [1.807, 2.05) is 18.2 Å². The number of esters is 1. The van der Waals surface area contributed by atoms with Crippen molar-refractivity contribution in [2.75, 3.05) is 46.2 Å². The molecule has 2 amide bonds. The number of benzene rings is 2. The summed E-state index contributed by atoms with van der Waals surface area (Å²) in [5.74, 6) is 0.364. The summed E-state index contributed by atoms with van der Waals surface area (Å²) >= 11 is 1.16. The first kappa shape index (κ1) is 31.9. The molecule has 1 aliphatic heterocycles. The Labute approximate surface area is 254 Å². The van der Waals surface area contributed by atoms with Gasteiger partial charge in [-0.1, -0.05) is 30.0 Å². The molecule has 0 aliphatic carbocycles. The van der Waals surface area contributed by atoms with Crippen LogP contribution in [0.4, 0.5) is 0 Å². The van der Waals surface area contributed by atoms with Gasteiger partial charge in [0.2, 0.25) is 11.8 Å². The number of nitrogens with one attached hydrogen (secondary N) is 1. The van der Waals surface area contributed by atoms with Gasteiger partial charge in [-0.05, 0) is 56.0 Å². The van der Waals surface area contributed by atoms with Crippen LogP contribution in [0.5, 0.6) is 11.5 Å². The summed E-state index contributed by atoms with van der Waals surface area (Å²) in [6.07, 6.45) is 2.08. The smallest absolute Gasteiger partial charge is 0.310 e. The molecule has 1 atom stereocenters. The van der Waals surface area contributed by atoms with E-state index >= 15 is 0 Å². The third-order valence-electron chi connectivity index (χ3n) is 7.29. The van der Waals surface area contributed by atoms with Crippen molar-refractivity contribution in [1.29, 1.82) is 0 Å². The third-order valence-corrected chi connectivity index (χ3v) is 8.25. The molecule has 0 radical (unpaired) electrons. The molecule has 1 N–H and O–H groups in total. The molecular formula is C31H38N4O7S. The Morgan fingerprint density at radius 1 is 1.09 bits per heavy atom. The number of thioether (sulfide) groups is 1. The molecule has 43 heavy (non-hydrogen) atoms. The number of piperidine rings is 1. The van der Waals surface area contributed by atoms with E-state index in [1.54, 1.807) is 50.3 Å². The highest BCUT2D eigenvalue weighted by Crippen LogP contribution is 2.27. The van der Waals surface area contributed by atoms with E-state index in [0.717, 1.165) is 23.7 Å². The summed E-state index contributed by atoms with van der Waals surface area (Å²) in [4.78, 5) is 57.8. The van der Waals surface area contributed by atoms with Gasteiger partial charge in [-0.15, -0.1) is 0 Å². The van der Waals surface area contributed by atoms with Gasteiger partial charge in [-0.2, -0.15) is 0 Å². The first-order chi connectivity index (χ1) is 20.8. The second kappa shape index (κ2) is 15.4. The van der Waals surface area contributed by atoms with Crippen molar-refractivity contribution in [2.45, 2.75) is 44.3 Å². The zero-order valence-corrected chi connectivity index (χ0v) is 25.6. The van der Waals surface area contributed by atoms with Crippen LogP contribution in [0.15, 0.2) is 52.4 Å². The van der Waals surface area contributed by atoms with Crippen molar-refractivity contribution in [3.8, 4) is 11.5 Å². The van der Waals surface area contributed by atoms with Crippen LogP contribution in [0.2, 0.25) is 0 Å². The summed E-state index contributed by atoms with van der Waals surface area (Å²) in [5, 5.41) is 3.72. The molecule has 12 heteroatoms. The maximum absolute atomic E-state index is 13.4. The summed E-state index contributed by atoms with van der Waals surface area (Å²) in [5.41, 5.74) is 1.25. The number of likely N-dealkylation sites (tertiary alicyclic amines) is 1. The van der Waals surface area contributed by atoms with E-state index in [9.17, 15) is 19.2 Å². The molecule has 3 aromatic rings. The van der Waals surface area contributed by atoms with Crippen LogP contribution in [-0.4, -0.2) is 78.4 Å². The largest absolute Gasteiger partial charge is 0.493 e. The first-order valence-electron chi connectivity index (χ1n) is 14.4. The highest BCUT2D eigenvalue weighted by molar-refractivity contribution is 7.99. The molecule has 11 nitrogen and oxygen atoms in total. The van der Waals surface area contributed by atoms with E-state index in [0.29, 0.717) is 66.6 Å². The molecule has 2 heterocycles. The topological polar surface area (TPSA) is 129 Å². The number of nitrogens with zero attached hydrogens (tertiary/aromatic N) is 3. The maximum Gasteiger partial charge on any atom is 0.310 e. The Balaban J connectivity index is 1.39. The Morgan fingerprint density at radius 3 is 2.65 bits per heavy atom. The average molecular weight is 611 g/mol. The Kier molecular flexibility index (Phi) is 11.4. The van der Waals surface area contributed by atoms with Gasteiger partial charge in [0.05, 0.1) is 43.4 Å². The minimum absolute atomic E-state index is 0.0534. The number of fused-ring (bicyclic) bond motifs is 1.